The Morgan fingerprint density at radius 1 is 1.10 bits per heavy atom. The van der Waals surface area contributed by atoms with Crippen LogP contribution in [0.2, 0.25) is 0 Å². The van der Waals surface area contributed by atoms with E-state index < -0.39 is 5.97 Å². The normalized spacial score (nSPS) is 14.2. The van der Waals surface area contributed by atoms with Crippen LogP contribution in [0.25, 0.3) is 0 Å². The lowest BCUT2D eigenvalue weighted by molar-refractivity contribution is -0.122. The maximum absolute atomic E-state index is 12.3. The number of hydrogen-bond donors (Lipinski definition) is 3. The van der Waals surface area contributed by atoms with Gasteiger partial charge >= 0.3 is 5.97 Å². The summed E-state index contributed by atoms with van der Waals surface area (Å²) < 4.78 is 0. The molecule has 0 radical (unpaired) electrons. The van der Waals surface area contributed by atoms with Crippen molar-refractivity contribution in [3.8, 4) is 0 Å². The van der Waals surface area contributed by atoms with Gasteiger partial charge in [0.15, 0.2) is 0 Å². The molecule has 0 aliphatic carbocycles. The van der Waals surface area contributed by atoms with E-state index in [0.29, 0.717) is 56.3 Å². The fourth-order valence-electron chi connectivity index (χ4n) is 3.37. The summed E-state index contributed by atoms with van der Waals surface area (Å²) in [5.41, 5.74) is 0.823. The maximum atomic E-state index is 12.3. The molecular weight excluding hydrogens is 398 g/mol. The number of aromatic carboxylic acids is 1. The minimum Gasteiger partial charge on any atom is -0.478 e. The van der Waals surface area contributed by atoms with Crippen molar-refractivity contribution in [2.24, 2.45) is 0 Å². The Hall–Kier alpha value is -3.46. The number of nitrogens with zero attached hydrogens (tertiary/aromatic N) is 3. The number of rotatable bonds is 8. The van der Waals surface area contributed by atoms with E-state index in [2.05, 4.69) is 15.6 Å². The number of aromatic nitrogens is 1. The molecule has 1 aliphatic heterocycles. The van der Waals surface area contributed by atoms with Crippen LogP contribution in [-0.2, 0) is 4.79 Å². The molecule has 1 aromatic heterocycles. The van der Waals surface area contributed by atoms with Gasteiger partial charge < -0.3 is 20.6 Å². The largest absolute Gasteiger partial charge is 0.478 e. The van der Waals surface area contributed by atoms with Crippen molar-refractivity contribution >= 4 is 29.3 Å². The highest BCUT2D eigenvalue weighted by atomic mass is 16.4. The molecule has 0 spiro atoms. The lowest BCUT2D eigenvalue weighted by Gasteiger charge is -2.35. The zero-order chi connectivity index (χ0) is 22.2. The molecule has 164 valence electrons. The summed E-state index contributed by atoms with van der Waals surface area (Å²) in [6.45, 7) is 5.38. The molecule has 9 heteroatoms. The quantitative estimate of drug-likeness (QED) is 0.589. The predicted octanol–water partition coefficient (Wildman–Crippen LogP) is 1.68. The first-order valence-electron chi connectivity index (χ1n) is 10.3. The van der Waals surface area contributed by atoms with E-state index in [4.69, 9.17) is 0 Å². The average Bonchev–Trinajstić information content (AvgIpc) is 2.78. The summed E-state index contributed by atoms with van der Waals surface area (Å²) in [5.74, 6) is -1.08. The van der Waals surface area contributed by atoms with E-state index in [1.807, 2.05) is 22.8 Å². The van der Waals surface area contributed by atoms with E-state index in [9.17, 15) is 19.5 Å². The lowest BCUT2D eigenvalue weighted by atomic mass is 10.2. The molecule has 0 saturated carbocycles. The zero-order valence-corrected chi connectivity index (χ0v) is 17.5. The van der Waals surface area contributed by atoms with E-state index in [1.54, 1.807) is 24.3 Å². The predicted molar refractivity (Wildman–Crippen MR) is 118 cm³/mol. The molecule has 1 aromatic carbocycles. The van der Waals surface area contributed by atoms with Crippen LogP contribution in [0, 0.1) is 0 Å². The molecule has 2 aromatic rings. The number of anilines is 2. The van der Waals surface area contributed by atoms with Gasteiger partial charge in [0, 0.05) is 38.3 Å². The molecule has 0 atom stereocenters. The van der Waals surface area contributed by atoms with E-state index in [1.165, 1.54) is 12.3 Å². The molecule has 1 fully saturated rings. The second-order valence-corrected chi connectivity index (χ2v) is 7.33. The van der Waals surface area contributed by atoms with Gasteiger partial charge in [0.25, 0.3) is 5.91 Å². The van der Waals surface area contributed by atoms with Crippen molar-refractivity contribution in [1.29, 1.82) is 0 Å². The maximum Gasteiger partial charge on any atom is 0.339 e. The van der Waals surface area contributed by atoms with Crippen molar-refractivity contribution in [1.82, 2.24) is 15.2 Å². The SMILES string of the molecule is CCCNC(=O)CN1CCN(c2ncc(NC(=O)c3ccccc3)cc2C(=O)O)CC1. The standard InChI is InChI=1S/C22H27N5O4/c1-2-8-23-19(28)15-26-9-11-27(12-10-26)20-18(22(30)31)13-17(14-24-20)25-21(29)16-6-4-3-5-7-16/h3-7,13-14H,2,8-12,15H2,1H3,(H,23,28)(H,25,29)(H,30,31). The fourth-order valence-corrected chi connectivity index (χ4v) is 3.37. The smallest absolute Gasteiger partial charge is 0.339 e. The molecule has 0 bridgehead atoms. The molecule has 31 heavy (non-hydrogen) atoms. The number of benzene rings is 1. The number of hydrogen-bond acceptors (Lipinski definition) is 6. The Balaban J connectivity index is 1.65. The Morgan fingerprint density at radius 3 is 2.45 bits per heavy atom. The summed E-state index contributed by atoms with van der Waals surface area (Å²) in [6, 6.07) is 10.1. The van der Waals surface area contributed by atoms with Crippen molar-refractivity contribution in [2.45, 2.75) is 13.3 Å². The summed E-state index contributed by atoms with van der Waals surface area (Å²) in [5, 5.41) is 15.2. The summed E-state index contributed by atoms with van der Waals surface area (Å²) in [4.78, 5) is 44.3. The third kappa shape index (κ3) is 6.02. The molecule has 3 N–H and O–H groups in total. The van der Waals surface area contributed by atoms with Gasteiger partial charge in [-0.1, -0.05) is 25.1 Å². The first-order valence-corrected chi connectivity index (χ1v) is 10.3. The van der Waals surface area contributed by atoms with Crippen LogP contribution in [0.15, 0.2) is 42.6 Å². The van der Waals surface area contributed by atoms with Gasteiger partial charge in [-0.15, -0.1) is 0 Å². The van der Waals surface area contributed by atoms with Gasteiger partial charge in [-0.2, -0.15) is 0 Å². The number of amides is 2. The Bertz CT molecular complexity index is 927. The number of nitrogens with one attached hydrogen (secondary N) is 2. The summed E-state index contributed by atoms with van der Waals surface area (Å²) >= 11 is 0. The Morgan fingerprint density at radius 2 is 1.81 bits per heavy atom. The highest BCUT2D eigenvalue weighted by Crippen LogP contribution is 2.23. The third-order valence-corrected chi connectivity index (χ3v) is 5.00. The Labute approximate surface area is 181 Å². The van der Waals surface area contributed by atoms with Crippen LogP contribution in [-0.4, -0.2) is 72.0 Å². The molecule has 2 heterocycles. The third-order valence-electron chi connectivity index (χ3n) is 5.00. The van der Waals surface area contributed by atoms with Crippen LogP contribution < -0.4 is 15.5 Å². The van der Waals surface area contributed by atoms with Crippen LogP contribution in [0.5, 0.6) is 0 Å². The second-order valence-electron chi connectivity index (χ2n) is 7.33. The highest BCUT2D eigenvalue weighted by Gasteiger charge is 2.24. The van der Waals surface area contributed by atoms with E-state index in [0.717, 1.165) is 6.42 Å². The molecule has 1 aliphatic rings. The number of carbonyl (C=O) groups is 3. The van der Waals surface area contributed by atoms with Crippen LogP contribution in [0.4, 0.5) is 11.5 Å². The molecule has 1 saturated heterocycles. The van der Waals surface area contributed by atoms with Crippen LogP contribution in [0.1, 0.15) is 34.1 Å². The van der Waals surface area contributed by atoms with Gasteiger partial charge in [-0.3, -0.25) is 14.5 Å². The highest BCUT2D eigenvalue weighted by molar-refractivity contribution is 6.05. The van der Waals surface area contributed by atoms with Gasteiger partial charge in [-0.05, 0) is 24.6 Å². The van der Waals surface area contributed by atoms with Gasteiger partial charge in [0.1, 0.15) is 11.4 Å². The van der Waals surface area contributed by atoms with Crippen LogP contribution >= 0.6 is 0 Å². The number of pyridine rings is 1. The molecule has 9 nitrogen and oxygen atoms in total. The van der Waals surface area contributed by atoms with Crippen LogP contribution in [0.3, 0.4) is 0 Å². The molecule has 0 unspecified atom stereocenters. The van der Waals surface area contributed by atoms with Crippen molar-refractivity contribution < 1.29 is 19.5 Å². The summed E-state index contributed by atoms with van der Waals surface area (Å²) in [6.07, 6.45) is 2.36. The number of carboxylic acids is 1. The van der Waals surface area contributed by atoms with Gasteiger partial charge in [0.2, 0.25) is 5.91 Å². The number of piperazine rings is 1. The molecule has 2 amide bonds. The van der Waals surface area contributed by atoms with Crippen molar-refractivity contribution in [2.75, 3.05) is 49.5 Å². The minimum absolute atomic E-state index is 0.00170. The number of carboxylic acid groups (broad SMARTS) is 1. The first-order chi connectivity index (χ1) is 15.0. The van der Waals surface area contributed by atoms with Crippen molar-refractivity contribution in [3.05, 3.63) is 53.7 Å². The van der Waals surface area contributed by atoms with Gasteiger partial charge in [-0.25, -0.2) is 9.78 Å². The first kappa shape index (κ1) is 22.2. The van der Waals surface area contributed by atoms with E-state index >= 15 is 0 Å². The van der Waals surface area contributed by atoms with Gasteiger partial charge in [0.05, 0.1) is 18.4 Å². The number of carbonyl (C=O) groups excluding carboxylic acids is 2. The molecular formula is C22H27N5O4. The fraction of sp³-hybridized carbons (Fsp3) is 0.364. The topological polar surface area (TPSA) is 115 Å². The zero-order valence-electron chi connectivity index (χ0n) is 17.5. The molecule has 3 rings (SSSR count). The minimum atomic E-state index is -1.11. The average molecular weight is 425 g/mol. The second kappa shape index (κ2) is 10.5. The van der Waals surface area contributed by atoms with Crippen molar-refractivity contribution in [3.63, 3.8) is 0 Å². The van der Waals surface area contributed by atoms with E-state index in [-0.39, 0.29) is 17.4 Å². The monoisotopic (exact) mass is 425 g/mol. The lowest BCUT2D eigenvalue weighted by Crippen LogP contribution is -2.50. The summed E-state index contributed by atoms with van der Waals surface area (Å²) in [7, 11) is 0. The Kier molecular flexibility index (Phi) is 7.55.